The molecule has 0 saturated heterocycles. The van der Waals surface area contributed by atoms with Gasteiger partial charge >= 0.3 is 0 Å². The summed E-state index contributed by atoms with van der Waals surface area (Å²) in [6.45, 7) is 3.48. The zero-order valence-corrected chi connectivity index (χ0v) is 10.1. The minimum atomic E-state index is -0.191. The molecule has 1 aliphatic carbocycles. The molecule has 0 bridgehead atoms. The number of thiazole rings is 1. The normalized spacial score (nSPS) is 18.6. The summed E-state index contributed by atoms with van der Waals surface area (Å²) >= 11 is 1.49. The van der Waals surface area contributed by atoms with E-state index in [0.717, 1.165) is 28.4 Å². The molecular formula is C11H15NO2S. The van der Waals surface area contributed by atoms with Crippen molar-refractivity contribution in [3.8, 4) is 0 Å². The zero-order chi connectivity index (χ0) is 11.1. The lowest BCUT2D eigenvalue weighted by molar-refractivity contribution is -0.0780. The summed E-state index contributed by atoms with van der Waals surface area (Å²) in [5.74, 6) is 0.0989. The molecule has 0 atom stereocenters. The van der Waals surface area contributed by atoms with E-state index in [1.54, 1.807) is 14.0 Å². The highest BCUT2D eigenvalue weighted by molar-refractivity contribution is 7.14. The number of nitrogens with zero attached hydrogens (tertiary/aromatic N) is 1. The third-order valence-electron chi connectivity index (χ3n) is 3.06. The largest absolute Gasteiger partial charge is 0.371 e. The lowest BCUT2D eigenvalue weighted by Crippen LogP contribution is -2.35. The van der Waals surface area contributed by atoms with Crippen molar-refractivity contribution in [3.05, 3.63) is 15.6 Å². The van der Waals surface area contributed by atoms with E-state index in [0.29, 0.717) is 0 Å². The van der Waals surface area contributed by atoms with Gasteiger partial charge in [0.05, 0.1) is 10.6 Å². The molecule has 1 heterocycles. The van der Waals surface area contributed by atoms with Crippen LogP contribution in [0.3, 0.4) is 0 Å². The first-order chi connectivity index (χ1) is 7.09. The van der Waals surface area contributed by atoms with Crippen LogP contribution in [0.2, 0.25) is 0 Å². The number of methoxy groups -OCH3 is 1. The van der Waals surface area contributed by atoms with Crippen LogP contribution >= 0.6 is 11.3 Å². The Bertz CT molecular complexity index is 388. The van der Waals surface area contributed by atoms with Crippen molar-refractivity contribution in [2.75, 3.05) is 7.11 Å². The molecule has 15 heavy (non-hydrogen) atoms. The number of aromatic nitrogens is 1. The molecule has 2 rings (SSSR count). The summed E-state index contributed by atoms with van der Waals surface area (Å²) in [7, 11) is 1.73. The highest BCUT2D eigenvalue weighted by Crippen LogP contribution is 2.46. The van der Waals surface area contributed by atoms with Gasteiger partial charge in [0.1, 0.15) is 10.6 Å². The molecule has 0 unspecified atom stereocenters. The van der Waals surface area contributed by atoms with Gasteiger partial charge in [0, 0.05) is 14.0 Å². The van der Waals surface area contributed by atoms with Crippen LogP contribution in [-0.4, -0.2) is 17.9 Å². The van der Waals surface area contributed by atoms with Crippen molar-refractivity contribution >= 4 is 17.1 Å². The molecule has 1 saturated carbocycles. The van der Waals surface area contributed by atoms with Crippen LogP contribution in [0, 0.1) is 6.92 Å². The molecule has 0 spiro atoms. The predicted molar refractivity (Wildman–Crippen MR) is 59.4 cm³/mol. The Labute approximate surface area is 93.5 Å². The standard InChI is InChI=1S/C11H15NO2S/c1-7-9(8(2)13)15-10(12-7)11(14-3)5-4-6-11/h4-6H2,1-3H3. The van der Waals surface area contributed by atoms with Crippen molar-refractivity contribution in [2.24, 2.45) is 0 Å². The van der Waals surface area contributed by atoms with E-state index >= 15 is 0 Å². The first kappa shape index (κ1) is 10.8. The van der Waals surface area contributed by atoms with Crippen molar-refractivity contribution in [2.45, 2.75) is 38.7 Å². The van der Waals surface area contributed by atoms with Gasteiger partial charge in [-0.2, -0.15) is 0 Å². The van der Waals surface area contributed by atoms with Crippen molar-refractivity contribution in [1.82, 2.24) is 4.98 Å². The Morgan fingerprint density at radius 2 is 2.20 bits per heavy atom. The van der Waals surface area contributed by atoms with Gasteiger partial charge in [-0.25, -0.2) is 4.98 Å². The monoisotopic (exact) mass is 225 g/mol. The number of hydrogen-bond donors (Lipinski definition) is 0. The van der Waals surface area contributed by atoms with Gasteiger partial charge in [0.2, 0.25) is 0 Å². The van der Waals surface area contributed by atoms with Crippen molar-refractivity contribution < 1.29 is 9.53 Å². The number of aryl methyl sites for hydroxylation is 1. The quantitative estimate of drug-likeness (QED) is 0.742. The van der Waals surface area contributed by atoms with Crippen molar-refractivity contribution in [1.29, 1.82) is 0 Å². The van der Waals surface area contributed by atoms with Crippen LogP contribution in [0.4, 0.5) is 0 Å². The second kappa shape index (κ2) is 3.68. The predicted octanol–water partition coefficient (Wildman–Crippen LogP) is 2.68. The number of carbonyl (C=O) groups is 1. The van der Waals surface area contributed by atoms with Gasteiger partial charge in [-0.1, -0.05) is 0 Å². The Kier molecular flexibility index (Phi) is 2.64. The molecule has 0 N–H and O–H groups in total. The molecule has 4 heteroatoms. The summed E-state index contributed by atoms with van der Waals surface area (Å²) in [5, 5.41) is 0.971. The summed E-state index contributed by atoms with van der Waals surface area (Å²) in [6.07, 6.45) is 3.23. The maximum Gasteiger partial charge on any atom is 0.171 e. The minimum absolute atomic E-state index is 0.0989. The lowest BCUT2D eigenvalue weighted by Gasteiger charge is -2.38. The minimum Gasteiger partial charge on any atom is -0.371 e. The van der Waals surface area contributed by atoms with E-state index in [2.05, 4.69) is 4.98 Å². The number of rotatable bonds is 3. The fraction of sp³-hybridized carbons (Fsp3) is 0.636. The Hall–Kier alpha value is -0.740. The van der Waals surface area contributed by atoms with Crippen LogP contribution in [0.25, 0.3) is 0 Å². The Balaban J connectivity index is 2.37. The average Bonchev–Trinajstić information content (AvgIpc) is 2.47. The molecule has 82 valence electrons. The molecule has 0 amide bonds. The number of carbonyl (C=O) groups excluding carboxylic acids is 1. The van der Waals surface area contributed by atoms with E-state index in [1.807, 2.05) is 6.92 Å². The van der Waals surface area contributed by atoms with Crippen LogP contribution < -0.4 is 0 Å². The molecule has 0 aliphatic heterocycles. The topological polar surface area (TPSA) is 39.2 Å². The van der Waals surface area contributed by atoms with Gasteiger partial charge in [-0.15, -0.1) is 11.3 Å². The number of ketones is 1. The summed E-state index contributed by atoms with van der Waals surface area (Å²) < 4.78 is 5.54. The van der Waals surface area contributed by atoms with Gasteiger partial charge in [0.25, 0.3) is 0 Å². The fourth-order valence-electron chi connectivity index (χ4n) is 1.92. The molecule has 1 fully saturated rings. The average molecular weight is 225 g/mol. The van der Waals surface area contributed by atoms with E-state index in [9.17, 15) is 4.79 Å². The van der Waals surface area contributed by atoms with Crippen LogP contribution in [0.15, 0.2) is 0 Å². The highest BCUT2D eigenvalue weighted by atomic mass is 32.1. The number of ether oxygens (including phenoxy) is 1. The second-order valence-electron chi connectivity index (χ2n) is 4.04. The SMILES string of the molecule is COC1(c2nc(C)c(C(C)=O)s2)CCC1. The maximum atomic E-state index is 11.3. The van der Waals surface area contributed by atoms with Gasteiger partial charge in [-0.3, -0.25) is 4.79 Å². The highest BCUT2D eigenvalue weighted by Gasteiger charge is 2.42. The molecule has 3 nitrogen and oxygen atoms in total. The smallest absolute Gasteiger partial charge is 0.171 e. The van der Waals surface area contributed by atoms with E-state index < -0.39 is 0 Å². The van der Waals surface area contributed by atoms with Gasteiger partial charge < -0.3 is 4.74 Å². The molecular weight excluding hydrogens is 210 g/mol. The number of Topliss-reactive ketones (excluding diaryl/α,β-unsaturated/α-hetero) is 1. The first-order valence-corrected chi connectivity index (χ1v) is 5.95. The summed E-state index contributed by atoms with van der Waals surface area (Å²) in [6, 6.07) is 0. The zero-order valence-electron chi connectivity index (χ0n) is 9.29. The van der Waals surface area contributed by atoms with Gasteiger partial charge in [0.15, 0.2) is 5.78 Å². The molecule has 1 aromatic heterocycles. The molecule has 1 aromatic rings. The third kappa shape index (κ3) is 1.62. The first-order valence-electron chi connectivity index (χ1n) is 5.13. The third-order valence-corrected chi connectivity index (χ3v) is 4.50. The van der Waals surface area contributed by atoms with E-state index in [4.69, 9.17) is 4.74 Å². The number of hydrogen-bond acceptors (Lipinski definition) is 4. The second-order valence-corrected chi connectivity index (χ2v) is 5.04. The summed E-state index contributed by atoms with van der Waals surface area (Å²) in [4.78, 5) is 16.6. The summed E-state index contributed by atoms with van der Waals surface area (Å²) in [5.41, 5.74) is 0.647. The maximum absolute atomic E-state index is 11.3. The molecule has 0 aromatic carbocycles. The fourth-order valence-corrected chi connectivity index (χ4v) is 3.11. The Morgan fingerprint density at radius 3 is 2.53 bits per heavy atom. The lowest BCUT2D eigenvalue weighted by atomic mass is 9.80. The van der Waals surface area contributed by atoms with Gasteiger partial charge in [-0.05, 0) is 26.2 Å². The van der Waals surface area contributed by atoms with Crippen LogP contribution in [0.1, 0.15) is 46.6 Å². The van der Waals surface area contributed by atoms with Crippen LogP contribution in [-0.2, 0) is 10.3 Å². The van der Waals surface area contributed by atoms with E-state index in [-0.39, 0.29) is 11.4 Å². The Morgan fingerprint density at radius 1 is 1.53 bits per heavy atom. The van der Waals surface area contributed by atoms with Crippen molar-refractivity contribution in [3.63, 3.8) is 0 Å². The van der Waals surface area contributed by atoms with E-state index in [1.165, 1.54) is 17.8 Å². The molecule has 0 radical (unpaired) electrons. The molecule has 1 aliphatic rings. The van der Waals surface area contributed by atoms with Crippen LogP contribution in [0.5, 0.6) is 0 Å².